The van der Waals surface area contributed by atoms with Crippen LogP contribution in [0, 0.1) is 26.7 Å². The molecule has 0 saturated carbocycles. The van der Waals surface area contributed by atoms with Gasteiger partial charge in [-0.05, 0) is 32.3 Å². The molecule has 0 aliphatic carbocycles. The van der Waals surface area contributed by atoms with Crippen molar-refractivity contribution >= 4 is 0 Å². The first-order valence-corrected chi connectivity index (χ1v) is 5.66. The maximum absolute atomic E-state index is 9.93. The molecule has 1 aromatic rings. The molecule has 0 spiro atoms. The van der Waals surface area contributed by atoms with Crippen molar-refractivity contribution in [1.29, 1.82) is 0 Å². The number of aryl methyl sites for hydroxylation is 1. The van der Waals surface area contributed by atoms with E-state index in [0.29, 0.717) is 12.5 Å². The zero-order valence-corrected chi connectivity index (χ0v) is 10.4. The third-order valence-corrected chi connectivity index (χ3v) is 3.40. The van der Waals surface area contributed by atoms with Crippen molar-refractivity contribution in [3.05, 3.63) is 17.0 Å². The second kappa shape index (κ2) is 4.79. The number of hydrogen-bond acceptors (Lipinski definition) is 2. The molecule has 1 aromatic heterocycles. The minimum absolute atomic E-state index is 0.299. The Balaban J connectivity index is 2.77. The van der Waals surface area contributed by atoms with E-state index in [9.17, 15) is 5.11 Å². The summed E-state index contributed by atoms with van der Waals surface area (Å²) >= 11 is 0. The smallest absolute Gasteiger partial charge is 0.0761 e. The number of rotatable bonds is 4. The summed E-state index contributed by atoms with van der Waals surface area (Å²) in [6, 6.07) is 0. The molecule has 0 bridgehead atoms. The third kappa shape index (κ3) is 2.59. The van der Waals surface area contributed by atoms with Gasteiger partial charge in [-0.2, -0.15) is 5.10 Å². The van der Waals surface area contributed by atoms with Crippen LogP contribution in [0.25, 0.3) is 0 Å². The summed E-state index contributed by atoms with van der Waals surface area (Å²) in [7, 11) is 0. The highest BCUT2D eigenvalue weighted by Gasteiger charge is 2.15. The van der Waals surface area contributed by atoms with Gasteiger partial charge in [0.2, 0.25) is 0 Å². The monoisotopic (exact) mass is 210 g/mol. The molecule has 3 nitrogen and oxygen atoms in total. The summed E-state index contributed by atoms with van der Waals surface area (Å²) in [6.45, 7) is 10.9. The lowest BCUT2D eigenvalue weighted by molar-refractivity contribution is 0.0921. The van der Waals surface area contributed by atoms with Crippen molar-refractivity contribution in [2.24, 2.45) is 5.92 Å². The lowest BCUT2D eigenvalue weighted by Gasteiger charge is -2.17. The molecule has 0 saturated heterocycles. The Labute approximate surface area is 92.1 Å². The molecule has 2 unspecified atom stereocenters. The SMILES string of the molecule is CCC(C)C(O)Cn1nc(C)c(C)c1C. The largest absolute Gasteiger partial charge is 0.391 e. The van der Waals surface area contributed by atoms with Crippen molar-refractivity contribution < 1.29 is 5.11 Å². The molecule has 1 N–H and O–H groups in total. The van der Waals surface area contributed by atoms with E-state index in [1.165, 1.54) is 5.56 Å². The lowest BCUT2D eigenvalue weighted by Crippen LogP contribution is -2.24. The summed E-state index contributed by atoms with van der Waals surface area (Å²) < 4.78 is 1.92. The van der Waals surface area contributed by atoms with Crippen LogP contribution in [0.15, 0.2) is 0 Å². The topological polar surface area (TPSA) is 38.0 Å². The molecule has 0 aliphatic heterocycles. The van der Waals surface area contributed by atoms with Gasteiger partial charge in [-0.1, -0.05) is 20.3 Å². The fourth-order valence-corrected chi connectivity index (χ4v) is 1.59. The molecule has 86 valence electrons. The van der Waals surface area contributed by atoms with Crippen LogP contribution in [0.1, 0.15) is 37.2 Å². The first-order chi connectivity index (χ1) is 6.97. The Kier molecular flexibility index (Phi) is 3.91. The first-order valence-electron chi connectivity index (χ1n) is 5.66. The van der Waals surface area contributed by atoms with E-state index in [1.807, 2.05) is 11.6 Å². The lowest BCUT2D eigenvalue weighted by atomic mass is 10.0. The normalized spacial score (nSPS) is 15.3. The van der Waals surface area contributed by atoms with Crippen LogP contribution in [0.4, 0.5) is 0 Å². The van der Waals surface area contributed by atoms with Crippen LogP contribution in [-0.2, 0) is 6.54 Å². The summed E-state index contributed by atoms with van der Waals surface area (Å²) in [5.41, 5.74) is 3.45. The van der Waals surface area contributed by atoms with Crippen molar-refractivity contribution in [3.8, 4) is 0 Å². The maximum Gasteiger partial charge on any atom is 0.0761 e. The van der Waals surface area contributed by atoms with Gasteiger partial charge in [-0.3, -0.25) is 4.68 Å². The highest BCUT2D eigenvalue weighted by atomic mass is 16.3. The summed E-state index contributed by atoms with van der Waals surface area (Å²) in [5, 5.41) is 14.4. The summed E-state index contributed by atoms with van der Waals surface area (Å²) in [4.78, 5) is 0. The average Bonchev–Trinajstić information content (AvgIpc) is 2.45. The van der Waals surface area contributed by atoms with Crippen LogP contribution in [0.5, 0.6) is 0 Å². The molecular formula is C12H22N2O. The summed E-state index contributed by atoms with van der Waals surface area (Å²) in [6.07, 6.45) is 0.701. The van der Waals surface area contributed by atoms with Gasteiger partial charge in [0.05, 0.1) is 18.3 Å². The van der Waals surface area contributed by atoms with Crippen molar-refractivity contribution in [2.45, 2.75) is 53.7 Å². The Morgan fingerprint density at radius 3 is 2.33 bits per heavy atom. The summed E-state index contributed by atoms with van der Waals surface area (Å²) in [5.74, 6) is 0.328. The minimum Gasteiger partial charge on any atom is -0.391 e. The van der Waals surface area contributed by atoms with E-state index in [1.54, 1.807) is 0 Å². The van der Waals surface area contributed by atoms with Crippen LogP contribution in [-0.4, -0.2) is 21.0 Å². The van der Waals surface area contributed by atoms with Crippen LogP contribution in [0.2, 0.25) is 0 Å². The first kappa shape index (κ1) is 12.2. The van der Waals surface area contributed by atoms with Crippen molar-refractivity contribution in [3.63, 3.8) is 0 Å². The van der Waals surface area contributed by atoms with E-state index < -0.39 is 0 Å². The van der Waals surface area contributed by atoms with E-state index >= 15 is 0 Å². The molecular weight excluding hydrogens is 188 g/mol. The molecule has 2 atom stereocenters. The number of aliphatic hydroxyl groups is 1. The molecule has 0 radical (unpaired) electrons. The maximum atomic E-state index is 9.93. The zero-order valence-electron chi connectivity index (χ0n) is 10.4. The predicted octanol–water partition coefficient (Wildman–Crippen LogP) is 2.22. The third-order valence-electron chi connectivity index (χ3n) is 3.40. The second-order valence-corrected chi connectivity index (χ2v) is 4.43. The second-order valence-electron chi connectivity index (χ2n) is 4.43. The van der Waals surface area contributed by atoms with Crippen molar-refractivity contribution in [2.75, 3.05) is 0 Å². The van der Waals surface area contributed by atoms with Gasteiger partial charge < -0.3 is 5.11 Å². The van der Waals surface area contributed by atoms with Crippen molar-refractivity contribution in [1.82, 2.24) is 9.78 Å². The fourth-order valence-electron chi connectivity index (χ4n) is 1.59. The Hall–Kier alpha value is -0.830. The van der Waals surface area contributed by atoms with Gasteiger partial charge >= 0.3 is 0 Å². The van der Waals surface area contributed by atoms with Gasteiger partial charge in [-0.25, -0.2) is 0 Å². The number of hydrogen-bond donors (Lipinski definition) is 1. The average molecular weight is 210 g/mol. The Morgan fingerprint density at radius 1 is 1.33 bits per heavy atom. The molecule has 1 heterocycles. The Bertz CT molecular complexity index is 331. The highest BCUT2D eigenvalue weighted by molar-refractivity contribution is 5.22. The molecule has 0 aliphatic rings. The van der Waals surface area contributed by atoms with Gasteiger partial charge in [0, 0.05) is 5.69 Å². The molecule has 1 rings (SSSR count). The quantitative estimate of drug-likeness (QED) is 0.827. The van der Waals surface area contributed by atoms with E-state index in [0.717, 1.165) is 17.8 Å². The van der Waals surface area contributed by atoms with Gasteiger partial charge in [0.25, 0.3) is 0 Å². The standard InChI is InChI=1S/C12H22N2O/c1-6-8(2)12(15)7-14-11(5)9(3)10(4)13-14/h8,12,15H,6-7H2,1-5H3. The molecule has 0 amide bonds. The molecule has 0 aromatic carbocycles. The van der Waals surface area contributed by atoms with E-state index in [2.05, 4.69) is 32.8 Å². The highest BCUT2D eigenvalue weighted by Crippen LogP contribution is 2.14. The van der Waals surface area contributed by atoms with Gasteiger partial charge in [0.15, 0.2) is 0 Å². The number of aromatic nitrogens is 2. The van der Waals surface area contributed by atoms with Gasteiger partial charge in [-0.15, -0.1) is 0 Å². The fraction of sp³-hybridized carbons (Fsp3) is 0.750. The Morgan fingerprint density at radius 2 is 1.93 bits per heavy atom. The zero-order chi connectivity index (χ0) is 11.6. The molecule has 3 heteroatoms. The van der Waals surface area contributed by atoms with Crippen LogP contribution < -0.4 is 0 Å². The number of nitrogens with zero attached hydrogens (tertiary/aromatic N) is 2. The number of aliphatic hydroxyl groups excluding tert-OH is 1. The van der Waals surface area contributed by atoms with Crippen LogP contribution >= 0.6 is 0 Å². The van der Waals surface area contributed by atoms with Gasteiger partial charge in [0.1, 0.15) is 0 Å². The van der Waals surface area contributed by atoms with E-state index in [-0.39, 0.29) is 6.10 Å². The predicted molar refractivity (Wildman–Crippen MR) is 61.9 cm³/mol. The minimum atomic E-state index is -0.299. The molecule has 0 fully saturated rings. The van der Waals surface area contributed by atoms with Crippen LogP contribution in [0.3, 0.4) is 0 Å². The van der Waals surface area contributed by atoms with E-state index in [4.69, 9.17) is 0 Å². The molecule has 15 heavy (non-hydrogen) atoms.